The minimum absolute atomic E-state index is 0.0905. The number of hydrogen-bond donors (Lipinski definition) is 2. The van der Waals surface area contributed by atoms with Crippen molar-refractivity contribution in [3.63, 3.8) is 0 Å². The molecule has 0 aliphatic carbocycles. The normalized spacial score (nSPS) is 13.5. The first-order chi connectivity index (χ1) is 9.47. The predicted octanol–water partition coefficient (Wildman–Crippen LogP) is 2.53. The zero-order valence-corrected chi connectivity index (χ0v) is 12.2. The molecule has 0 amide bonds. The maximum atomic E-state index is 11.4. The molecule has 0 spiro atoms. The molecule has 0 aromatic rings. The molecule has 0 bridgehead atoms. The zero-order chi connectivity index (χ0) is 15.4. The van der Waals surface area contributed by atoms with Gasteiger partial charge >= 0.3 is 11.9 Å². The Morgan fingerprint density at radius 1 is 1.25 bits per heavy atom. The number of aliphatic carboxylic acids is 1. The van der Waals surface area contributed by atoms with Gasteiger partial charge in [0.2, 0.25) is 0 Å². The summed E-state index contributed by atoms with van der Waals surface area (Å²) >= 11 is 0. The van der Waals surface area contributed by atoms with E-state index in [1.165, 1.54) is 6.92 Å². The predicted molar refractivity (Wildman–Crippen MR) is 76.3 cm³/mol. The Balaban J connectivity index is 3.89. The first-order valence-corrected chi connectivity index (χ1v) is 7.14. The highest BCUT2D eigenvalue weighted by atomic mass is 16.5. The summed E-state index contributed by atoms with van der Waals surface area (Å²) in [5, 5.41) is 18.1. The Bertz CT molecular complexity index is 299. The molecule has 0 aliphatic heterocycles. The topological polar surface area (TPSA) is 83.8 Å². The lowest BCUT2D eigenvalue weighted by molar-refractivity contribution is -0.153. The molecule has 0 saturated heterocycles. The van der Waals surface area contributed by atoms with Crippen LogP contribution in [-0.2, 0) is 14.3 Å². The Morgan fingerprint density at radius 3 is 2.45 bits per heavy atom. The summed E-state index contributed by atoms with van der Waals surface area (Å²) in [6.07, 6.45) is 6.33. The number of carboxylic acid groups (broad SMARTS) is 1. The van der Waals surface area contributed by atoms with Gasteiger partial charge in [-0.15, -0.1) is 6.58 Å². The fourth-order valence-corrected chi connectivity index (χ4v) is 1.82. The lowest BCUT2D eigenvalue weighted by Crippen LogP contribution is -2.22. The maximum absolute atomic E-state index is 11.4. The van der Waals surface area contributed by atoms with Crippen LogP contribution in [-0.4, -0.2) is 34.9 Å². The quantitative estimate of drug-likeness (QED) is 0.327. The maximum Gasteiger partial charge on any atom is 0.307 e. The summed E-state index contributed by atoms with van der Waals surface area (Å²) in [7, 11) is 0. The molecular weight excluding hydrogens is 260 g/mol. The van der Waals surface area contributed by atoms with Gasteiger partial charge in [-0.05, 0) is 26.2 Å². The van der Waals surface area contributed by atoms with Crippen LogP contribution in [0.15, 0.2) is 12.7 Å². The zero-order valence-electron chi connectivity index (χ0n) is 12.2. The van der Waals surface area contributed by atoms with E-state index in [0.717, 1.165) is 32.1 Å². The molecule has 0 aromatic carbocycles. The van der Waals surface area contributed by atoms with Gasteiger partial charge in [0, 0.05) is 0 Å². The number of aliphatic hydroxyl groups excluding tert-OH is 1. The van der Waals surface area contributed by atoms with Crippen LogP contribution in [0, 0.1) is 5.92 Å². The number of hydrogen-bond acceptors (Lipinski definition) is 4. The molecule has 0 aromatic heterocycles. The average molecular weight is 286 g/mol. The molecule has 20 heavy (non-hydrogen) atoms. The van der Waals surface area contributed by atoms with Crippen LogP contribution >= 0.6 is 0 Å². The third-order valence-electron chi connectivity index (χ3n) is 2.96. The van der Waals surface area contributed by atoms with Crippen molar-refractivity contribution in [2.75, 3.05) is 6.61 Å². The van der Waals surface area contributed by atoms with Crippen molar-refractivity contribution in [3.05, 3.63) is 12.7 Å². The Morgan fingerprint density at radius 2 is 1.90 bits per heavy atom. The highest BCUT2D eigenvalue weighted by Crippen LogP contribution is 2.16. The molecular formula is C15H26O5. The third-order valence-corrected chi connectivity index (χ3v) is 2.96. The number of carboxylic acids is 1. The summed E-state index contributed by atoms with van der Waals surface area (Å²) in [5.74, 6) is -2.23. The molecule has 5 heteroatoms. The summed E-state index contributed by atoms with van der Waals surface area (Å²) in [6, 6.07) is 0. The van der Waals surface area contributed by atoms with Crippen LogP contribution in [0.3, 0.4) is 0 Å². The van der Waals surface area contributed by atoms with E-state index in [-0.39, 0.29) is 13.0 Å². The van der Waals surface area contributed by atoms with E-state index >= 15 is 0 Å². The Hall–Kier alpha value is -1.36. The van der Waals surface area contributed by atoms with Gasteiger partial charge < -0.3 is 14.9 Å². The first-order valence-electron chi connectivity index (χ1n) is 7.14. The van der Waals surface area contributed by atoms with Crippen LogP contribution in [0.25, 0.3) is 0 Å². The molecule has 0 aliphatic rings. The fourth-order valence-electron chi connectivity index (χ4n) is 1.82. The minimum atomic E-state index is -0.968. The second-order valence-electron chi connectivity index (χ2n) is 5.05. The number of unbranched alkanes of at least 4 members (excludes halogenated alkanes) is 4. The molecule has 0 radical (unpaired) electrons. The first kappa shape index (κ1) is 18.6. The minimum Gasteiger partial charge on any atom is -0.481 e. The largest absolute Gasteiger partial charge is 0.481 e. The molecule has 5 nitrogen and oxygen atoms in total. The lowest BCUT2D eigenvalue weighted by Gasteiger charge is -2.12. The van der Waals surface area contributed by atoms with Gasteiger partial charge in [0.1, 0.15) is 6.61 Å². The van der Waals surface area contributed by atoms with Crippen molar-refractivity contribution < 1.29 is 24.5 Å². The van der Waals surface area contributed by atoms with Crippen molar-refractivity contribution >= 4 is 11.9 Å². The molecule has 2 atom stereocenters. The van der Waals surface area contributed by atoms with Crippen LogP contribution in [0.2, 0.25) is 0 Å². The van der Waals surface area contributed by atoms with E-state index in [1.807, 2.05) is 6.08 Å². The highest BCUT2D eigenvalue weighted by Gasteiger charge is 2.21. The number of ether oxygens (including phenoxy) is 1. The highest BCUT2D eigenvalue weighted by molar-refractivity contribution is 5.78. The Labute approximate surface area is 120 Å². The van der Waals surface area contributed by atoms with Gasteiger partial charge in [-0.3, -0.25) is 9.59 Å². The van der Waals surface area contributed by atoms with Gasteiger partial charge in [0.15, 0.2) is 0 Å². The van der Waals surface area contributed by atoms with Crippen molar-refractivity contribution in [3.8, 4) is 0 Å². The van der Waals surface area contributed by atoms with Gasteiger partial charge in [0.05, 0.1) is 18.4 Å². The van der Waals surface area contributed by atoms with Gasteiger partial charge in [0.25, 0.3) is 0 Å². The van der Waals surface area contributed by atoms with Crippen LogP contribution in [0.4, 0.5) is 0 Å². The summed E-state index contributed by atoms with van der Waals surface area (Å²) in [5.41, 5.74) is 0. The molecule has 0 rings (SSSR count). The number of rotatable bonds is 12. The molecule has 2 N–H and O–H groups in total. The fraction of sp³-hybridized carbons (Fsp3) is 0.733. The SMILES string of the molecule is C=CCCCCCCC(CC(=O)OCC(C)O)C(=O)O. The summed E-state index contributed by atoms with van der Waals surface area (Å²) in [6.45, 7) is 5.06. The smallest absolute Gasteiger partial charge is 0.307 e. The summed E-state index contributed by atoms with van der Waals surface area (Å²) < 4.78 is 4.78. The van der Waals surface area contributed by atoms with Crippen LogP contribution < -0.4 is 0 Å². The molecule has 0 fully saturated rings. The lowest BCUT2D eigenvalue weighted by atomic mass is 9.97. The molecule has 0 saturated carbocycles. The molecule has 0 heterocycles. The van der Waals surface area contributed by atoms with Crippen molar-refractivity contribution in [2.24, 2.45) is 5.92 Å². The number of carbonyl (C=O) groups is 2. The van der Waals surface area contributed by atoms with Crippen molar-refractivity contribution in [1.82, 2.24) is 0 Å². The molecule has 2 unspecified atom stereocenters. The second kappa shape index (κ2) is 11.5. The standard InChI is InChI=1S/C15H26O5/c1-3-4-5-6-7-8-9-13(15(18)19)10-14(17)20-11-12(2)16/h3,12-13,16H,1,4-11H2,2H3,(H,18,19). The van der Waals surface area contributed by atoms with E-state index in [9.17, 15) is 9.59 Å². The van der Waals surface area contributed by atoms with Crippen molar-refractivity contribution in [2.45, 2.75) is 58.0 Å². The van der Waals surface area contributed by atoms with Crippen molar-refractivity contribution in [1.29, 1.82) is 0 Å². The van der Waals surface area contributed by atoms with Crippen LogP contribution in [0.1, 0.15) is 51.9 Å². The number of esters is 1. The summed E-state index contributed by atoms with van der Waals surface area (Å²) in [4.78, 5) is 22.5. The van der Waals surface area contributed by atoms with E-state index in [4.69, 9.17) is 14.9 Å². The number of allylic oxidation sites excluding steroid dienone is 1. The van der Waals surface area contributed by atoms with E-state index < -0.39 is 24.0 Å². The van der Waals surface area contributed by atoms with E-state index in [0.29, 0.717) is 6.42 Å². The molecule has 116 valence electrons. The van der Waals surface area contributed by atoms with Crippen LogP contribution in [0.5, 0.6) is 0 Å². The van der Waals surface area contributed by atoms with E-state index in [2.05, 4.69) is 6.58 Å². The number of aliphatic hydroxyl groups is 1. The monoisotopic (exact) mass is 286 g/mol. The van der Waals surface area contributed by atoms with Gasteiger partial charge in [-0.25, -0.2) is 0 Å². The number of carbonyl (C=O) groups excluding carboxylic acids is 1. The van der Waals surface area contributed by atoms with Gasteiger partial charge in [-0.2, -0.15) is 0 Å². The second-order valence-corrected chi connectivity index (χ2v) is 5.05. The third kappa shape index (κ3) is 10.6. The average Bonchev–Trinajstić information content (AvgIpc) is 2.38. The van der Waals surface area contributed by atoms with E-state index in [1.54, 1.807) is 0 Å². The Kier molecular flexibility index (Phi) is 10.7. The van der Waals surface area contributed by atoms with Gasteiger partial charge in [-0.1, -0.05) is 25.3 Å².